The summed E-state index contributed by atoms with van der Waals surface area (Å²) < 4.78 is 23.2. The van der Waals surface area contributed by atoms with Gasteiger partial charge in [-0.3, -0.25) is 9.36 Å². The monoisotopic (exact) mass is 841 g/mol. The van der Waals surface area contributed by atoms with Crippen LogP contribution in [0.3, 0.4) is 0 Å². The molecule has 0 aliphatic carbocycles. The Labute approximate surface area is 360 Å². The first-order chi connectivity index (χ1) is 28.0. The summed E-state index contributed by atoms with van der Waals surface area (Å²) in [6.45, 7) is 4.64. The summed E-state index contributed by atoms with van der Waals surface area (Å²) in [7, 11) is 1.25. The number of phosphoric acid groups is 1. The fourth-order valence-corrected chi connectivity index (χ4v) is 7.95. The molecule has 1 amide bonds. The highest BCUT2D eigenvalue weighted by Crippen LogP contribution is 2.38. The van der Waals surface area contributed by atoms with E-state index in [0.29, 0.717) is 17.4 Å². The Balaban J connectivity index is 4.29. The number of unbranched alkanes of at least 4 members (excludes halogenated alkanes) is 30. The van der Waals surface area contributed by atoms with Crippen LogP contribution in [0.4, 0.5) is 0 Å². The molecule has 0 spiro atoms. The summed E-state index contributed by atoms with van der Waals surface area (Å²) in [5.74, 6) is -0.206. The maximum absolute atomic E-state index is 12.8. The lowest BCUT2D eigenvalue weighted by atomic mass is 10.0. The van der Waals surface area contributed by atoms with Crippen molar-refractivity contribution in [2.75, 3.05) is 40.9 Å². The third-order valence-corrected chi connectivity index (χ3v) is 12.1. The number of quaternary nitrogens is 1. The van der Waals surface area contributed by atoms with Gasteiger partial charge >= 0.3 is 0 Å². The van der Waals surface area contributed by atoms with Gasteiger partial charge in [0.25, 0.3) is 7.82 Å². The first kappa shape index (κ1) is 57.0. The van der Waals surface area contributed by atoms with E-state index in [1.54, 1.807) is 6.08 Å². The Kier molecular flexibility index (Phi) is 40.6. The highest BCUT2D eigenvalue weighted by Gasteiger charge is 2.23. The molecule has 0 bridgehead atoms. The minimum atomic E-state index is -4.59. The number of phosphoric ester groups is 1. The molecule has 0 radical (unpaired) electrons. The lowest BCUT2D eigenvalue weighted by Crippen LogP contribution is -2.45. The van der Waals surface area contributed by atoms with Crippen LogP contribution in [-0.2, 0) is 18.4 Å². The molecule has 3 unspecified atom stereocenters. The first-order valence-electron chi connectivity index (χ1n) is 24.7. The highest BCUT2D eigenvalue weighted by molar-refractivity contribution is 7.45. The standard InChI is InChI=1S/C49H97N2O6P/c1-6-8-10-12-14-16-18-20-21-22-23-24-25-26-27-28-29-30-31-32-34-36-38-40-42-48(52)47(46-57-58(54,55)56-45-44-51(3,4)5)50-49(53)43-41-39-37-35-33-19-17-15-13-11-9-7-2/h32,34,40,42,47-48,52H,6-31,33,35-39,41,43-46H2,1-5H3,(H-,50,53,54,55)/b34-32+,42-40+. The summed E-state index contributed by atoms with van der Waals surface area (Å²) in [5, 5.41) is 13.8. The van der Waals surface area contributed by atoms with Crippen molar-refractivity contribution in [3.63, 3.8) is 0 Å². The van der Waals surface area contributed by atoms with Crippen LogP contribution in [0.1, 0.15) is 232 Å². The van der Waals surface area contributed by atoms with Gasteiger partial charge < -0.3 is 28.8 Å². The molecule has 0 aromatic carbocycles. The molecular formula is C49H97N2O6P. The van der Waals surface area contributed by atoms with Gasteiger partial charge in [-0.1, -0.05) is 218 Å². The third kappa shape index (κ3) is 43.1. The van der Waals surface area contributed by atoms with Crippen molar-refractivity contribution in [1.29, 1.82) is 0 Å². The smallest absolute Gasteiger partial charge is 0.268 e. The van der Waals surface area contributed by atoms with Crippen LogP contribution in [0.25, 0.3) is 0 Å². The molecule has 0 aliphatic heterocycles. The molecule has 8 nitrogen and oxygen atoms in total. The van der Waals surface area contributed by atoms with E-state index in [2.05, 4.69) is 31.3 Å². The number of likely N-dealkylation sites (N-methyl/N-ethyl adjacent to an activating group) is 1. The van der Waals surface area contributed by atoms with Crippen LogP contribution >= 0.6 is 7.82 Å². The van der Waals surface area contributed by atoms with Crippen molar-refractivity contribution in [2.45, 2.75) is 244 Å². The van der Waals surface area contributed by atoms with Gasteiger partial charge in [-0.2, -0.15) is 0 Å². The normalized spacial score (nSPS) is 14.4. The van der Waals surface area contributed by atoms with E-state index in [1.165, 1.54) is 173 Å². The molecule has 344 valence electrons. The van der Waals surface area contributed by atoms with E-state index >= 15 is 0 Å². The van der Waals surface area contributed by atoms with Gasteiger partial charge in [-0.05, 0) is 32.1 Å². The molecule has 0 heterocycles. The van der Waals surface area contributed by atoms with Crippen LogP contribution in [0.2, 0.25) is 0 Å². The number of carbonyl (C=O) groups is 1. The van der Waals surface area contributed by atoms with Crippen LogP contribution in [-0.4, -0.2) is 68.5 Å². The van der Waals surface area contributed by atoms with Crippen LogP contribution in [0.5, 0.6) is 0 Å². The summed E-state index contributed by atoms with van der Waals surface area (Å²) in [4.78, 5) is 25.3. The maximum atomic E-state index is 12.8. The number of amides is 1. The van der Waals surface area contributed by atoms with Gasteiger partial charge in [0.1, 0.15) is 13.2 Å². The number of aliphatic hydroxyl groups excluding tert-OH is 1. The number of hydrogen-bond donors (Lipinski definition) is 2. The molecule has 0 aromatic rings. The molecular weight excluding hydrogens is 744 g/mol. The quantitative estimate of drug-likeness (QED) is 0.0274. The Bertz CT molecular complexity index is 1000. The highest BCUT2D eigenvalue weighted by atomic mass is 31.2. The number of allylic oxidation sites excluding steroid dienone is 3. The average molecular weight is 841 g/mol. The Hall–Kier alpha value is -1.02. The molecule has 9 heteroatoms. The Morgan fingerprint density at radius 1 is 0.586 bits per heavy atom. The van der Waals surface area contributed by atoms with E-state index in [9.17, 15) is 19.4 Å². The van der Waals surface area contributed by atoms with Crippen molar-refractivity contribution >= 4 is 13.7 Å². The maximum Gasteiger partial charge on any atom is 0.268 e. The molecule has 2 N–H and O–H groups in total. The fourth-order valence-electron chi connectivity index (χ4n) is 7.23. The zero-order chi connectivity index (χ0) is 42.8. The van der Waals surface area contributed by atoms with Crippen molar-refractivity contribution in [1.82, 2.24) is 5.32 Å². The van der Waals surface area contributed by atoms with Gasteiger partial charge in [0.15, 0.2) is 0 Å². The SMILES string of the molecule is CCCCCCCCCCCCCCCCCCCC/C=C/CC/C=C/C(O)C(COP(=O)([O-])OCC[N+](C)(C)C)NC(=O)CCCCCCCCCCCCCC. The average Bonchev–Trinajstić information content (AvgIpc) is 3.17. The van der Waals surface area contributed by atoms with E-state index in [0.717, 1.165) is 38.5 Å². The second-order valence-electron chi connectivity index (χ2n) is 18.2. The number of rotatable bonds is 45. The summed E-state index contributed by atoms with van der Waals surface area (Å²) in [6, 6.07) is -0.898. The van der Waals surface area contributed by atoms with Gasteiger partial charge in [0.2, 0.25) is 5.91 Å². The zero-order valence-corrected chi connectivity index (χ0v) is 39.9. The largest absolute Gasteiger partial charge is 0.756 e. The molecule has 0 rings (SSSR count). The van der Waals surface area contributed by atoms with E-state index in [-0.39, 0.29) is 19.1 Å². The van der Waals surface area contributed by atoms with E-state index in [1.807, 2.05) is 27.2 Å². The molecule has 58 heavy (non-hydrogen) atoms. The fraction of sp³-hybridized carbons (Fsp3) is 0.898. The Morgan fingerprint density at radius 3 is 1.40 bits per heavy atom. The zero-order valence-electron chi connectivity index (χ0n) is 39.0. The predicted octanol–water partition coefficient (Wildman–Crippen LogP) is 13.5. The number of carbonyl (C=O) groups excluding carboxylic acids is 1. The van der Waals surface area contributed by atoms with Gasteiger partial charge in [0, 0.05) is 6.42 Å². The number of aliphatic hydroxyl groups is 1. The summed E-state index contributed by atoms with van der Waals surface area (Å²) >= 11 is 0. The second-order valence-corrected chi connectivity index (χ2v) is 19.6. The predicted molar refractivity (Wildman–Crippen MR) is 247 cm³/mol. The third-order valence-electron chi connectivity index (χ3n) is 11.2. The first-order valence-corrected chi connectivity index (χ1v) is 26.2. The molecule has 0 aromatic heterocycles. The minimum Gasteiger partial charge on any atom is -0.756 e. The number of hydrogen-bond acceptors (Lipinski definition) is 6. The van der Waals surface area contributed by atoms with E-state index in [4.69, 9.17) is 9.05 Å². The summed E-state index contributed by atoms with van der Waals surface area (Å²) in [6.07, 6.45) is 49.6. The van der Waals surface area contributed by atoms with Crippen LogP contribution in [0, 0.1) is 0 Å². The number of nitrogens with zero attached hydrogens (tertiary/aromatic N) is 1. The number of nitrogens with one attached hydrogen (secondary N) is 1. The lowest BCUT2D eigenvalue weighted by Gasteiger charge is -2.29. The topological polar surface area (TPSA) is 108 Å². The molecule has 0 saturated carbocycles. The van der Waals surface area contributed by atoms with E-state index < -0.39 is 20.0 Å². The Morgan fingerprint density at radius 2 is 0.966 bits per heavy atom. The van der Waals surface area contributed by atoms with Gasteiger partial charge in [0.05, 0.1) is 39.9 Å². The molecule has 3 atom stereocenters. The van der Waals surface area contributed by atoms with Crippen molar-refractivity contribution in [3.8, 4) is 0 Å². The van der Waals surface area contributed by atoms with Crippen molar-refractivity contribution < 1.29 is 32.9 Å². The molecule has 0 fully saturated rings. The van der Waals surface area contributed by atoms with Gasteiger partial charge in [-0.15, -0.1) is 0 Å². The van der Waals surface area contributed by atoms with Gasteiger partial charge in [-0.25, -0.2) is 0 Å². The summed E-state index contributed by atoms with van der Waals surface area (Å²) in [5.41, 5.74) is 0. The van der Waals surface area contributed by atoms with Crippen molar-refractivity contribution in [3.05, 3.63) is 24.3 Å². The molecule has 0 aliphatic rings. The van der Waals surface area contributed by atoms with Crippen LogP contribution < -0.4 is 10.2 Å². The van der Waals surface area contributed by atoms with Crippen LogP contribution in [0.15, 0.2) is 24.3 Å². The van der Waals surface area contributed by atoms with Crippen molar-refractivity contribution in [2.24, 2.45) is 0 Å². The molecule has 0 saturated heterocycles. The lowest BCUT2D eigenvalue weighted by molar-refractivity contribution is -0.870. The second kappa shape index (κ2) is 41.3. The minimum absolute atomic E-state index is 0.00419.